The van der Waals surface area contributed by atoms with Gasteiger partial charge in [-0.3, -0.25) is 14.5 Å². The van der Waals surface area contributed by atoms with Gasteiger partial charge in [-0.15, -0.1) is 6.42 Å². The van der Waals surface area contributed by atoms with Crippen LogP contribution in [0.15, 0.2) is 42.5 Å². The molecule has 2 unspecified atom stereocenters. The molecule has 2 atom stereocenters. The van der Waals surface area contributed by atoms with Gasteiger partial charge in [0.15, 0.2) is 0 Å². The van der Waals surface area contributed by atoms with Crippen molar-refractivity contribution in [2.45, 2.75) is 52.3 Å². The second-order valence-electron chi connectivity index (χ2n) is 8.80. The molecule has 2 N–H and O–H groups in total. The van der Waals surface area contributed by atoms with Gasteiger partial charge in [-0.1, -0.05) is 48.2 Å². The Morgan fingerprint density at radius 3 is 2.23 bits per heavy atom. The molecule has 182 valence electrons. The first-order chi connectivity index (χ1) is 16.4. The van der Waals surface area contributed by atoms with E-state index >= 15 is 0 Å². The van der Waals surface area contributed by atoms with Gasteiger partial charge in [-0.2, -0.15) is 0 Å². The van der Waals surface area contributed by atoms with Gasteiger partial charge in [0, 0.05) is 11.6 Å². The Balaban J connectivity index is 2.42. The Morgan fingerprint density at radius 1 is 1.09 bits per heavy atom. The molecule has 0 aliphatic heterocycles. The van der Waals surface area contributed by atoms with Gasteiger partial charge in [0.05, 0.1) is 10.7 Å². The van der Waals surface area contributed by atoms with Gasteiger partial charge in [-0.25, -0.2) is 4.79 Å². The number of hydrogen-bond acceptors (Lipinski definition) is 4. The number of halogens is 1. The third kappa shape index (κ3) is 7.27. The Kier molecular flexibility index (Phi) is 8.94. The van der Waals surface area contributed by atoms with Crippen molar-refractivity contribution in [2.75, 3.05) is 5.32 Å². The van der Waals surface area contributed by atoms with E-state index in [0.29, 0.717) is 21.8 Å². The predicted octanol–water partition coefficient (Wildman–Crippen LogP) is 4.64. The predicted molar refractivity (Wildman–Crippen MR) is 136 cm³/mol. The molecule has 8 heteroatoms. The van der Waals surface area contributed by atoms with Crippen LogP contribution in [0.1, 0.15) is 50.4 Å². The number of para-hydroxylation sites is 1. The molecule has 0 saturated heterocycles. The number of terminal acetylenes is 2. The van der Waals surface area contributed by atoms with E-state index in [9.17, 15) is 14.4 Å². The number of hydrogen-bond donors (Lipinski definition) is 2. The van der Waals surface area contributed by atoms with Crippen molar-refractivity contribution >= 4 is 35.2 Å². The maximum atomic E-state index is 13.5. The molecule has 0 saturated carbocycles. The minimum atomic E-state index is -1.24. The van der Waals surface area contributed by atoms with Crippen LogP contribution in [0.5, 0.6) is 0 Å². The quantitative estimate of drug-likeness (QED) is 0.453. The molecule has 0 bridgehead atoms. The van der Waals surface area contributed by atoms with E-state index in [-0.39, 0.29) is 0 Å². The van der Waals surface area contributed by atoms with E-state index in [1.54, 1.807) is 70.2 Å². The molecular formula is C27H28ClN3O4. The van der Waals surface area contributed by atoms with Crippen LogP contribution in [0.25, 0.3) is 0 Å². The monoisotopic (exact) mass is 493 g/mol. The average Bonchev–Trinajstić information content (AvgIpc) is 2.78. The lowest BCUT2D eigenvalue weighted by Crippen LogP contribution is -2.49. The van der Waals surface area contributed by atoms with Crippen LogP contribution < -0.4 is 10.6 Å². The Hall–Kier alpha value is -3.94. The minimum Gasteiger partial charge on any atom is -0.444 e. The summed E-state index contributed by atoms with van der Waals surface area (Å²) in [7, 11) is 0. The van der Waals surface area contributed by atoms with Gasteiger partial charge in [0.2, 0.25) is 0 Å². The summed E-state index contributed by atoms with van der Waals surface area (Å²) in [5.41, 5.74) is 1.38. The summed E-state index contributed by atoms with van der Waals surface area (Å²) in [5, 5.41) is 5.56. The molecule has 2 rings (SSSR count). The first-order valence-electron chi connectivity index (χ1n) is 10.8. The molecule has 2 aromatic rings. The van der Waals surface area contributed by atoms with Crippen LogP contribution in [0.4, 0.5) is 10.5 Å². The SMILES string of the molecule is C#Cc1ccc(C(C(=O)Nc2c(C)cccc2Cl)N(C#C)C(=O)C(C)NC(=O)OC(C)(C)C)cc1. The topological polar surface area (TPSA) is 87.7 Å². The highest BCUT2D eigenvalue weighted by Gasteiger charge is 2.34. The number of alkyl carbamates (subject to hydrolysis) is 1. The molecule has 7 nitrogen and oxygen atoms in total. The first kappa shape index (κ1) is 27.3. The van der Waals surface area contributed by atoms with Crippen molar-refractivity contribution in [3.05, 3.63) is 64.2 Å². The summed E-state index contributed by atoms with van der Waals surface area (Å²) in [6.45, 7) is 8.33. The van der Waals surface area contributed by atoms with Crippen LogP contribution in [-0.2, 0) is 14.3 Å². The first-order valence-corrected chi connectivity index (χ1v) is 11.2. The van der Waals surface area contributed by atoms with Crippen molar-refractivity contribution in [1.82, 2.24) is 10.2 Å². The molecular weight excluding hydrogens is 466 g/mol. The molecule has 0 aromatic heterocycles. The number of carbonyl (C=O) groups excluding carboxylic acids is 3. The summed E-state index contributed by atoms with van der Waals surface area (Å²) in [6, 6.07) is 11.6. The van der Waals surface area contributed by atoms with Gasteiger partial charge in [-0.05, 0) is 63.9 Å². The fourth-order valence-electron chi connectivity index (χ4n) is 3.18. The van der Waals surface area contributed by atoms with Crippen molar-refractivity contribution < 1.29 is 19.1 Å². The Morgan fingerprint density at radius 2 is 1.71 bits per heavy atom. The van der Waals surface area contributed by atoms with Crippen molar-refractivity contribution in [3.8, 4) is 24.8 Å². The van der Waals surface area contributed by atoms with Crippen LogP contribution in [0.2, 0.25) is 5.02 Å². The van der Waals surface area contributed by atoms with E-state index in [1.165, 1.54) is 6.92 Å². The lowest BCUT2D eigenvalue weighted by molar-refractivity contribution is -0.136. The van der Waals surface area contributed by atoms with E-state index in [0.717, 1.165) is 10.5 Å². The summed E-state index contributed by atoms with van der Waals surface area (Å²) in [5.74, 6) is 1.22. The number of carbonyl (C=O) groups is 3. The molecule has 0 fully saturated rings. The zero-order chi connectivity index (χ0) is 26.3. The molecule has 2 aromatic carbocycles. The number of amides is 3. The lowest BCUT2D eigenvalue weighted by Gasteiger charge is -2.29. The zero-order valence-electron chi connectivity index (χ0n) is 20.3. The van der Waals surface area contributed by atoms with Crippen LogP contribution in [0, 0.1) is 31.7 Å². The largest absolute Gasteiger partial charge is 0.444 e. The standard InChI is InChI=1S/C27H28ClN3O4/c1-8-19-13-15-20(16-14-19)23(24(32)30-22-17(3)11-10-12-21(22)28)31(9-2)25(33)18(4)29-26(34)35-27(5,6)7/h1-2,10-16,18,23H,3-7H3,(H,29,34)(H,30,32). The van der Waals surface area contributed by atoms with Crippen LogP contribution >= 0.6 is 11.6 Å². The highest BCUT2D eigenvalue weighted by molar-refractivity contribution is 6.34. The van der Waals surface area contributed by atoms with Crippen molar-refractivity contribution in [3.63, 3.8) is 0 Å². The smallest absolute Gasteiger partial charge is 0.408 e. The molecule has 35 heavy (non-hydrogen) atoms. The third-order valence-electron chi connectivity index (χ3n) is 4.85. The maximum Gasteiger partial charge on any atom is 0.408 e. The normalized spacial score (nSPS) is 12.3. The van der Waals surface area contributed by atoms with Crippen molar-refractivity contribution in [2.24, 2.45) is 0 Å². The second kappa shape index (κ2) is 11.5. The zero-order valence-corrected chi connectivity index (χ0v) is 21.1. The number of benzene rings is 2. The molecule has 3 amide bonds. The van der Waals surface area contributed by atoms with Crippen LogP contribution in [0.3, 0.4) is 0 Å². The van der Waals surface area contributed by atoms with Gasteiger partial charge < -0.3 is 15.4 Å². The third-order valence-corrected chi connectivity index (χ3v) is 5.16. The highest BCUT2D eigenvalue weighted by Crippen LogP contribution is 2.29. The fourth-order valence-corrected chi connectivity index (χ4v) is 3.45. The fraction of sp³-hybridized carbons (Fsp3) is 0.296. The highest BCUT2D eigenvalue weighted by atomic mass is 35.5. The number of ether oxygens (including phenoxy) is 1. The van der Waals surface area contributed by atoms with Gasteiger partial charge in [0.1, 0.15) is 17.7 Å². The number of nitrogens with one attached hydrogen (secondary N) is 2. The summed E-state index contributed by atoms with van der Waals surface area (Å²) in [4.78, 5) is 39.9. The number of aryl methyl sites for hydroxylation is 1. The van der Waals surface area contributed by atoms with Gasteiger partial charge >= 0.3 is 6.09 Å². The van der Waals surface area contributed by atoms with Crippen molar-refractivity contribution in [1.29, 1.82) is 0 Å². The molecule has 0 radical (unpaired) electrons. The second-order valence-corrected chi connectivity index (χ2v) is 9.20. The van der Waals surface area contributed by atoms with E-state index in [1.807, 2.05) is 0 Å². The number of rotatable bonds is 6. The summed E-state index contributed by atoms with van der Waals surface area (Å²) in [6.07, 6.45) is 10.4. The maximum absolute atomic E-state index is 13.5. The Labute approximate surface area is 211 Å². The average molecular weight is 494 g/mol. The molecule has 0 heterocycles. The summed E-state index contributed by atoms with van der Waals surface area (Å²) < 4.78 is 5.21. The molecule has 0 aliphatic carbocycles. The van der Waals surface area contributed by atoms with E-state index < -0.39 is 35.6 Å². The number of anilines is 1. The van der Waals surface area contributed by atoms with Crippen LogP contribution in [-0.4, -0.2) is 34.5 Å². The number of nitrogens with zero attached hydrogens (tertiary/aromatic N) is 1. The minimum absolute atomic E-state index is 0.332. The van der Waals surface area contributed by atoms with Gasteiger partial charge in [0.25, 0.3) is 11.8 Å². The Bertz CT molecular complexity index is 1170. The summed E-state index contributed by atoms with van der Waals surface area (Å²) >= 11 is 6.28. The van der Waals surface area contributed by atoms with E-state index in [2.05, 4.69) is 22.6 Å². The lowest BCUT2D eigenvalue weighted by atomic mass is 10.0. The molecule has 0 spiro atoms. The molecule has 0 aliphatic rings. The van der Waals surface area contributed by atoms with E-state index in [4.69, 9.17) is 29.2 Å².